The Bertz CT molecular complexity index is 1630. The van der Waals surface area contributed by atoms with Crippen LogP contribution in [0.2, 0.25) is 0 Å². The highest BCUT2D eigenvalue weighted by atomic mass is 32.2. The van der Waals surface area contributed by atoms with Crippen molar-refractivity contribution in [3.8, 4) is 5.75 Å². The van der Waals surface area contributed by atoms with E-state index in [1.807, 2.05) is 81.4 Å². The zero-order valence-corrected chi connectivity index (χ0v) is 26.8. The molecule has 0 saturated carbocycles. The average Bonchev–Trinajstić information content (AvgIpc) is 3.06. The third-order valence-corrected chi connectivity index (χ3v) is 9.29. The number of hydrogen-bond acceptors (Lipinski definition) is 5. The van der Waals surface area contributed by atoms with Crippen LogP contribution in [0.5, 0.6) is 5.75 Å². The van der Waals surface area contributed by atoms with Gasteiger partial charge in [0.1, 0.15) is 18.3 Å². The van der Waals surface area contributed by atoms with Crippen LogP contribution in [0.1, 0.15) is 38.3 Å². The van der Waals surface area contributed by atoms with Gasteiger partial charge in [0.05, 0.1) is 17.2 Å². The van der Waals surface area contributed by atoms with Crippen molar-refractivity contribution in [1.29, 1.82) is 0 Å². The van der Waals surface area contributed by atoms with Gasteiger partial charge in [-0.1, -0.05) is 97.9 Å². The van der Waals surface area contributed by atoms with Crippen molar-refractivity contribution >= 4 is 27.5 Å². The molecule has 236 valence electrons. The summed E-state index contributed by atoms with van der Waals surface area (Å²) in [7, 11) is -4.22. The molecule has 45 heavy (non-hydrogen) atoms. The summed E-state index contributed by atoms with van der Waals surface area (Å²) in [5, 5.41) is 3.05. The van der Waals surface area contributed by atoms with Crippen LogP contribution in [0.4, 0.5) is 5.69 Å². The third-order valence-electron chi connectivity index (χ3n) is 7.51. The molecular formula is C36H41N3O5S. The van der Waals surface area contributed by atoms with Crippen LogP contribution in [0, 0.1) is 0 Å². The number of benzene rings is 4. The fourth-order valence-electron chi connectivity index (χ4n) is 4.95. The molecule has 8 nitrogen and oxygen atoms in total. The number of sulfonamides is 1. The molecule has 0 aliphatic heterocycles. The molecule has 0 heterocycles. The van der Waals surface area contributed by atoms with E-state index in [9.17, 15) is 18.0 Å². The lowest BCUT2D eigenvalue weighted by atomic mass is 10.0. The number of ether oxygens (including phenoxy) is 1. The Morgan fingerprint density at radius 3 is 1.93 bits per heavy atom. The van der Waals surface area contributed by atoms with Gasteiger partial charge in [0.25, 0.3) is 10.0 Å². The monoisotopic (exact) mass is 627 g/mol. The van der Waals surface area contributed by atoms with Gasteiger partial charge in [0, 0.05) is 19.0 Å². The normalized spacial score (nSPS) is 12.5. The first kappa shape index (κ1) is 33.3. The molecule has 0 unspecified atom stereocenters. The first-order valence-corrected chi connectivity index (χ1v) is 16.7. The largest absolute Gasteiger partial charge is 0.492 e. The minimum absolute atomic E-state index is 0.0362. The van der Waals surface area contributed by atoms with E-state index < -0.39 is 28.5 Å². The zero-order valence-electron chi connectivity index (χ0n) is 26.0. The van der Waals surface area contributed by atoms with Gasteiger partial charge in [-0.05, 0) is 55.7 Å². The Morgan fingerprint density at radius 2 is 1.33 bits per heavy atom. The van der Waals surface area contributed by atoms with Crippen LogP contribution in [0.15, 0.2) is 120 Å². The number of amides is 2. The number of carbonyl (C=O) groups is 2. The van der Waals surface area contributed by atoms with E-state index >= 15 is 0 Å². The van der Waals surface area contributed by atoms with Gasteiger partial charge in [-0.15, -0.1) is 0 Å². The number of para-hydroxylation sites is 2. The minimum Gasteiger partial charge on any atom is -0.492 e. The van der Waals surface area contributed by atoms with Gasteiger partial charge in [-0.3, -0.25) is 13.9 Å². The summed E-state index contributed by atoms with van der Waals surface area (Å²) in [5.41, 5.74) is 1.93. The van der Waals surface area contributed by atoms with E-state index in [1.165, 1.54) is 17.0 Å². The van der Waals surface area contributed by atoms with Crippen LogP contribution in [-0.4, -0.2) is 50.4 Å². The van der Waals surface area contributed by atoms with Crippen molar-refractivity contribution in [1.82, 2.24) is 10.2 Å². The lowest BCUT2D eigenvalue weighted by Gasteiger charge is -2.34. The smallest absolute Gasteiger partial charge is 0.264 e. The number of carbonyl (C=O) groups excluding carboxylic acids is 2. The molecule has 0 saturated heterocycles. The van der Waals surface area contributed by atoms with Crippen molar-refractivity contribution in [2.24, 2.45) is 0 Å². The molecule has 0 bridgehead atoms. The standard InChI is InChI=1S/C36H41N3O5S/c1-4-28(3)37-36(41)33(25-29-17-9-6-10-18-29)38(26-30-19-11-7-12-20-30)35(40)27-39(32-23-15-16-24-34(32)44-5-2)45(42,43)31-21-13-8-14-22-31/h6-24,28,33H,4-5,25-27H2,1-3H3,(H,37,41)/t28-,33-/m0/s1. The van der Waals surface area contributed by atoms with Crippen LogP contribution in [0.3, 0.4) is 0 Å². The predicted molar refractivity (Wildman–Crippen MR) is 177 cm³/mol. The fraction of sp³-hybridized carbons (Fsp3) is 0.278. The molecule has 9 heteroatoms. The Labute approximate surface area is 266 Å². The van der Waals surface area contributed by atoms with Crippen LogP contribution >= 0.6 is 0 Å². The third kappa shape index (κ3) is 8.73. The zero-order chi connectivity index (χ0) is 32.2. The molecule has 4 rings (SSSR count). The number of nitrogens with zero attached hydrogens (tertiary/aromatic N) is 2. The van der Waals surface area contributed by atoms with Crippen molar-refractivity contribution in [2.45, 2.75) is 57.1 Å². The van der Waals surface area contributed by atoms with Crippen LogP contribution < -0.4 is 14.4 Å². The Morgan fingerprint density at radius 1 is 0.778 bits per heavy atom. The highest BCUT2D eigenvalue weighted by Gasteiger charge is 2.35. The molecule has 0 spiro atoms. The number of nitrogens with one attached hydrogen (secondary N) is 1. The maximum atomic E-state index is 14.6. The molecule has 1 N–H and O–H groups in total. The van der Waals surface area contributed by atoms with Crippen molar-refractivity contribution in [2.75, 3.05) is 17.5 Å². The summed E-state index contributed by atoms with van der Waals surface area (Å²) in [6, 6.07) is 32.6. The van der Waals surface area contributed by atoms with E-state index in [4.69, 9.17) is 4.74 Å². The van der Waals surface area contributed by atoms with Gasteiger partial charge < -0.3 is 15.0 Å². The molecule has 4 aromatic carbocycles. The summed E-state index contributed by atoms with van der Waals surface area (Å²) in [6.07, 6.45) is 0.969. The second-order valence-corrected chi connectivity index (χ2v) is 12.6. The first-order chi connectivity index (χ1) is 21.7. The molecule has 0 aromatic heterocycles. The molecular weight excluding hydrogens is 586 g/mol. The Hall–Kier alpha value is -4.63. The Kier molecular flexibility index (Phi) is 11.8. The highest BCUT2D eigenvalue weighted by molar-refractivity contribution is 7.92. The highest BCUT2D eigenvalue weighted by Crippen LogP contribution is 2.33. The van der Waals surface area contributed by atoms with Gasteiger partial charge in [0.15, 0.2) is 0 Å². The van der Waals surface area contributed by atoms with Gasteiger partial charge >= 0.3 is 0 Å². The summed E-state index contributed by atoms with van der Waals surface area (Å²) in [5.74, 6) is -0.494. The number of rotatable bonds is 15. The molecule has 0 radical (unpaired) electrons. The summed E-state index contributed by atoms with van der Waals surface area (Å²) in [6.45, 7) is 5.57. The Balaban J connectivity index is 1.82. The summed E-state index contributed by atoms with van der Waals surface area (Å²) < 4.78 is 35.3. The van der Waals surface area contributed by atoms with Gasteiger partial charge in [0.2, 0.25) is 11.8 Å². The topological polar surface area (TPSA) is 96.0 Å². The van der Waals surface area contributed by atoms with Crippen molar-refractivity contribution in [3.63, 3.8) is 0 Å². The van der Waals surface area contributed by atoms with Crippen molar-refractivity contribution < 1.29 is 22.7 Å². The van der Waals surface area contributed by atoms with Gasteiger partial charge in [-0.25, -0.2) is 8.42 Å². The quantitative estimate of drug-likeness (QED) is 0.179. The van der Waals surface area contributed by atoms with E-state index in [2.05, 4.69) is 5.32 Å². The van der Waals surface area contributed by atoms with E-state index in [1.54, 1.807) is 42.5 Å². The van der Waals surface area contributed by atoms with Crippen LogP contribution in [-0.2, 0) is 32.6 Å². The molecule has 0 fully saturated rings. The van der Waals surface area contributed by atoms with Crippen LogP contribution in [0.25, 0.3) is 0 Å². The second kappa shape index (κ2) is 15.9. The molecule has 2 atom stereocenters. The lowest BCUT2D eigenvalue weighted by Crippen LogP contribution is -2.54. The lowest BCUT2D eigenvalue weighted by molar-refractivity contribution is -0.140. The van der Waals surface area contributed by atoms with E-state index in [0.29, 0.717) is 18.8 Å². The van der Waals surface area contributed by atoms with Gasteiger partial charge in [-0.2, -0.15) is 0 Å². The summed E-state index contributed by atoms with van der Waals surface area (Å²) >= 11 is 0. The molecule has 0 aliphatic rings. The molecule has 2 amide bonds. The fourth-order valence-corrected chi connectivity index (χ4v) is 6.39. The maximum Gasteiger partial charge on any atom is 0.264 e. The maximum absolute atomic E-state index is 14.6. The second-order valence-electron chi connectivity index (χ2n) is 10.8. The van der Waals surface area contributed by atoms with E-state index in [0.717, 1.165) is 15.4 Å². The number of hydrogen-bond donors (Lipinski definition) is 1. The van der Waals surface area contributed by atoms with Crippen molar-refractivity contribution in [3.05, 3.63) is 126 Å². The summed E-state index contributed by atoms with van der Waals surface area (Å²) in [4.78, 5) is 30.0. The predicted octanol–water partition coefficient (Wildman–Crippen LogP) is 5.84. The molecule has 0 aliphatic carbocycles. The average molecular weight is 628 g/mol. The minimum atomic E-state index is -4.22. The van der Waals surface area contributed by atoms with E-state index in [-0.39, 0.29) is 35.5 Å². The first-order valence-electron chi connectivity index (χ1n) is 15.2. The SMILES string of the molecule is CCOc1ccccc1N(CC(=O)N(Cc1ccccc1)[C@@H](Cc1ccccc1)C(=O)N[C@@H](C)CC)S(=O)(=O)c1ccccc1. The number of anilines is 1. The molecule has 4 aromatic rings.